The van der Waals surface area contributed by atoms with Crippen molar-refractivity contribution in [2.24, 2.45) is 0 Å². The molecule has 0 radical (unpaired) electrons. The quantitative estimate of drug-likeness (QED) is 0.636. The molecule has 0 unspecified atom stereocenters. The van der Waals surface area contributed by atoms with Crippen LogP contribution in [0.1, 0.15) is 59.2 Å². The Morgan fingerprint density at radius 3 is 2.59 bits per heavy atom. The van der Waals surface area contributed by atoms with Crippen LogP contribution in [0.2, 0.25) is 0 Å². The Hall–Kier alpha value is -3.09. The smallest absolute Gasteiger partial charge is 0.259 e. The van der Waals surface area contributed by atoms with Crippen molar-refractivity contribution in [3.63, 3.8) is 0 Å². The first-order valence-electron chi connectivity index (χ1n) is 9.93. The second-order valence-corrected chi connectivity index (χ2v) is 7.41. The van der Waals surface area contributed by atoms with Gasteiger partial charge < -0.3 is 18.7 Å². The zero-order valence-electron chi connectivity index (χ0n) is 17.0. The van der Waals surface area contributed by atoms with Gasteiger partial charge in [0, 0.05) is 18.2 Å². The monoisotopic (exact) mass is 395 g/mol. The average Bonchev–Trinajstić information content (AvgIpc) is 3.26. The number of carbonyl (C=O) groups is 1. The molecule has 0 bridgehead atoms. The molecule has 1 atom stereocenters. The van der Waals surface area contributed by atoms with E-state index in [-0.39, 0.29) is 11.9 Å². The Morgan fingerprint density at radius 2 is 1.90 bits per heavy atom. The van der Waals surface area contributed by atoms with Gasteiger partial charge in [-0.25, -0.2) is 0 Å². The van der Waals surface area contributed by atoms with E-state index in [0.717, 1.165) is 42.7 Å². The number of rotatable bonds is 4. The van der Waals surface area contributed by atoms with Gasteiger partial charge in [0.05, 0.1) is 18.8 Å². The van der Waals surface area contributed by atoms with Gasteiger partial charge in [0.2, 0.25) is 0 Å². The molecule has 0 spiro atoms. The summed E-state index contributed by atoms with van der Waals surface area (Å²) in [5.41, 5.74) is 2.87. The summed E-state index contributed by atoms with van der Waals surface area (Å²) in [6.07, 6.45) is 3.95. The standard InChI is InChI=1S/C22H25N3O4/c1-14-21(15(2)28-23-14)22(26)25-12-6-4-5-7-19(25)18-13-20(29-24-18)16-8-10-17(27-3)11-9-16/h8-11,13,19H,4-7,12H2,1-3H3/t19-/m0/s1. The summed E-state index contributed by atoms with van der Waals surface area (Å²) in [5, 5.41) is 8.26. The van der Waals surface area contributed by atoms with Gasteiger partial charge in [-0.3, -0.25) is 4.79 Å². The van der Waals surface area contributed by atoms with Gasteiger partial charge in [0.25, 0.3) is 5.91 Å². The van der Waals surface area contributed by atoms with E-state index in [1.165, 1.54) is 0 Å². The number of hydrogen-bond acceptors (Lipinski definition) is 6. The highest BCUT2D eigenvalue weighted by atomic mass is 16.5. The lowest BCUT2D eigenvalue weighted by atomic mass is 10.0. The Bertz CT molecular complexity index is 970. The van der Waals surface area contributed by atoms with E-state index in [1.54, 1.807) is 21.0 Å². The van der Waals surface area contributed by atoms with E-state index in [9.17, 15) is 4.79 Å². The number of nitrogens with zero attached hydrogens (tertiary/aromatic N) is 3. The number of benzene rings is 1. The number of amides is 1. The third-order valence-corrected chi connectivity index (χ3v) is 5.51. The Kier molecular flexibility index (Phi) is 5.38. The highest BCUT2D eigenvalue weighted by Crippen LogP contribution is 2.34. The van der Waals surface area contributed by atoms with E-state index in [1.807, 2.05) is 35.2 Å². The molecule has 0 saturated carbocycles. The van der Waals surface area contributed by atoms with Crippen molar-refractivity contribution < 1.29 is 18.6 Å². The maximum Gasteiger partial charge on any atom is 0.259 e. The van der Waals surface area contributed by atoms with Crippen LogP contribution in [0, 0.1) is 13.8 Å². The van der Waals surface area contributed by atoms with Gasteiger partial charge >= 0.3 is 0 Å². The summed E-state index contributed by atoms with van der Waals surface area (Å²) in [5.74, 6) is 1.96. The van der Waals surface area contributed by atoms with Crippen LogP contribution in [0.5, 0.6) is 5.75 Å². The summed E-state index contributed by atoms with van der Waals surface area (Å²) in [4.78, 5) is 15.2. The molecule has 1 saturated heterocycles. The first kappa shape index (κ1) is 19.2. The zero-order valence-corrected chi connectivity index (χ0v) is 17.0. The lowest BCUT2D eigenvalue weighted by molar-refractivity contribution is 0.0671. The molecule has 3 aromatic rings. The molecule has 7 nitrogen and oxygen atoms in total. The van der Waals surface area contributed by atoms with E-state index >= 15 is 0 Å². The molecule has 4 rings (SSSR count). The summed E-state index contributed by atoms with van der Waals surface area (Å²) >= 11 is 0. The van der Waals surface area contributed by atoms with E-state index in [4.69, 9.17) is 13.8 Å². The lowest BCUT2D eigenvalue weighted by Crippen LogP contribution is -2.35. The van der Waals surface area contributed by atoms with Crippen molar-refractivity contribution in [3.05, 3.63) is 53.0 Å². The normalized spacial score (nSPS) is 17.2. The molecule has 1 fully saturated rings. The number of aryl methyl sites for hydroxylation is 2. The maximum atomic E-state index is 13.3. The lowest BCUT2D eigenvalue weighted by Gasteiger charge is -2.28. The minimum absolute atomic E-state index is 0.0536. The number of methoxy groups -OCH3 is 1. The summed E-state index contributed by atoms with van der Waals surface area (Å²) in [6, 6.07) is 9.44. The van der Waals surface area contributed by atoms with Crippen LogP contribution in [0.4, 0.5) is 0 Å². The van der Waals surface area contributed by atoms with E-state index in [2.05, 4.69) is 10.3 Å². The molecular formula is C22H25N3O4. The fraction of sp³-hybridized carbons (Fsp3) is 0.409. The first-order chi connectivity index (χ1) is 14.1. The highest BCUT2D eigenvalue weighted by Gasteiger charge is 2.32. The van der Waals surface area contributed by atoms with Crippen molar-refractivity contribution in [1.29, 1.82) is 0 Å². The second-order valence-electron chi connectivity index (χ2n) is 7.41. The van der Waals surface area contributed by atoms with Crippen LogP contribution in [0.25, 0.3) is 11.3 Å². The zero-order chi connectivity index (χ0) is 20.4. The van der Waals surface area contributed by atoms with Crippen molar-refractivity contribution in [2.45, 2.75) is 45.6 Å². The van der Waals surface area contributed by atoms with Gasteiger partial charge in [0.1, 0.15) is 22.8 Å². The fourth-order valence-corrected chi connectivity index (χ4v) is 3.93. The summed E-state index contributed by atoms with van der Waals surface area (Å²) in [7, 11) is 1.64. The summed E-state index contributed by atoms with van der Waals surface area (Å²) in [6.45, 7) is 4.25. The Balaban J connectivity index is 1.64. The van der Waals surface area contributed by atoms with Crippen LogP contribution in [0.15, 0.2) is 39.4 Å². The maximum absolute atomic E-state index is 13.3. The van der Waals surface area contributed by atoms with Crippen LogP contribution in [0.3, 0.4) is 0 Å². The molecule has 1 amide bonds. The minimum atomic E-state index is -0.130. The fourth-order valence-electron chi connectivity index (χ4n) is 3.93. The number of carbonyl (C=O) groups excluding carboxylic acids is 1. The molecular weight excluding hydrogens is 370 g/mol. The van der Waals surface area contributed by atoms with Crippen molar-refractivity contribution in [3.8, 4) is 17.1 Å². The summed E-state index contributed by atoms with van der Waals surface area (Å²) < 4.78 is 16.1. The van der Waals surface area contributed by atoms with E-state index in [0.29, 0.717) is 29.3 Å². The second kappa shape index (κ2) is 8.11. The number of ether oxygens (including phenoxy) is 1. The predicted octanol–water partition coefficient (Wildman–Crippen LogP) is 4.71. The topological polar surface area (TPSA) is 81.6 Å². The molecule has 152 valence electrons. The van der Waals surface area contributed by atoms with Gasteiger partial charge in [0.15, 0.2) is 5.76 Å². The van der Waals surface area contributed by atoms with Crippen molar-refractivity contribution in [1.82, 2.24) is 15.2 Å². The van der Waals surface area contributed by atoms with Crippen LogP contribution in [-0.2, 0) is 0 Å². The SMILES string of the molecule is COc1ccc(-c2cc([C@@H]3CCCCCN3C(=O)c3c(C)noc3C)no2)cc1. The molecule has 3 heterocycles. The van der Waals surface area contributed by atoms with Gasteiger partial charge in [-0.1, -0.05) is 23.2 Å². The molecule has 0 N–H and O–H groups in total. The largest absolute Gasteiger partial charge is 0.497 e. The average molecular weight is 395 g/mol. The first-order valence-corrected chi connectivity index (χ1v) is 9.93. The Labute approximate surface area is 169 Å². The molecule has 1 aliphatic rings. The van der Waals surface area contributed by atoms with Crippen LogP contribution < -0.4 is 4.74 Å². The number of likely N-dealkylation sites (tertiary alicyclic amines) is 1. The molecule has 7 heteroatoms. The van der Waals surface area contributed by atoms with Gasteiger partial charge in [-0.15, -0.1) is 0 Å². The highest BCUT2D eigenvalue weighted by molar-refractivity contribution is 5.96. The van der Waals surface area contributed by atoms with Crippen LogP contribution in [-0.4, -0.2) is 34.8 Å². The van der Waals surface area contributed by atoms with Crippen molar-refractivity contribution in [2.75, 3.05) is 13.7 Å². The van der Waals surface area contributed by atoms with E-state index < -0.39 is 0 Å². The van der Waals surface area contributed by atoms with Gasteiger partial charge in [-0.05, 0) is 51.0 Å². The molecule has 2 aromatic heterocycles. The number of aromatic nitrogens is 2. The van der Waals surface area contributed by atoms with Gasteiger partial charge in [-0.2, -0.15) is 0 Å². The molecule has 0 aliphatic carbocycles. The minimum Gasteiger partial charge on any atom is -0.497 e. The molecule has 1 aliphatic heterocycles. The molecule has 1 aromatic carbocycles. The Morgan fingerprint density at radius 1 is 1.10 bits per heavy atom. The molecule has 29 heavy (non-hydrogen) atoms. The number of hydrogen-bond donors (Lipinski definition) is 0. The van der Waals surface area contributed by atoms with Crippen LogP contribution >= 0.6 is 0 Å². The third-order valence-electron chi connectivity index (χ3n) is 5.51. The van der Waals surface area contributed by atoms with Crippen molar-refractivity contribution >= 4 is 5.91 Å². The predicted molar refractivity (Wildman–Crippen MR) is 107 cm³/mol. The third kappa shape index (κ3) is 3.77.